The maximum atomic E-state index is 11.8. The molecule has 0 atom stereocenters. The van der Waals surface area contributed by atoms with Gasteiger partial charge >= 0.3 is 5.97 Å². The van der Waals surface area contributed by atoms with Gasteiger partial charge in [-0.3, -0.25) is 14.4 Å². The largest absolute Gasteiger partial charge is 0.468 e. The lowest BCUT2D eigenvalue weighted by Crippen LogP contribution is -2.34. The number of carbonyl (C=O) groups excluding carboxylic acids is 3. The molecule has 0 spiro atoms. The highest BCUT2D eigenvalue weighted by Gasteiger charge is 2.20. The number of amides is 2. The number of rotatable bonds is 5. The monoisotopic (exact) mass is 306 g/mol. The third-order valence-electron chi connectivity index (χ3n) is 2.97. The van der Waals surface area contributed by atoms with Gasteiger partial charge in [-0.2, -0.15) is 0 Å². The predicted molar refractivity (Wildman–Crippen MR) is 82.1 cm³/mol. The van der Waals surface area contributed by atoms with Crippen LogP contribution in [0.5, 0.6) is 0 Å². The van der Waals surface area contributed by atoms with Crippen molar-refractivity contribution in [1.82, 2.24) is 10.6 Å². The Morgan fingerprint density at radius 1 is 1.05 bits per heavy atom. The van der Waals surface area contributed by atoms with E-state index in [9.17, 15) is 14.4 Å². The summed E-state index contributed by atoms with van der Waals surface area (Å²) >= 11 is 0. The summed E-state index contributed by atoms with van der Waals surface area (Å²) in [6.45, 7) is 5.77. The normalized spacial score (nSPS) is 10.7. The molecule has 6 nitrogen and oxygen atoms in total. The first-order valence-corrected chi connectivity index (χ1v) is 6.96. The van der Waals surface area contributed by atoms with Gasteiger partial charge in [0.05, 0.1) is 7.11 Å². The summed E-state index contributed by atoms with van der Waals surface area (Å²) in [6.07, 6.45) is 0. The first-order chi connectivity index (χ1) is 10.2. The number of benzene rings is 1. The second-order valence-corrected chi connectivity index (χ2v) is 5.89. The Hall–Kier alpha value is -2.37. The molecular weight excluding hydrogens is 284 g/mol. The number of ether oxygens (including phenoxy) is 1. The zero-order chi connectivity index (χ0) is 16.8. The second-order valence-electron chi connectivity index (χ2n) is 5.89. The molecule has 0 unspecified atom stereocenters. The molecule has 1 aromatic carbocycles. The zero-order valence-corrected chi connectivity index (χ0v) is 13.4. The van der Waals surface area contributed by atoms with E-state index in [-0.39, 0.29) is 18.4 Å². The average molecular weight is 306 g/mol. The van der Waals surface area contributed by atoms with Crippen LogP contribution in [0.1, 0.15) is 36.7 Å². The van der Waals surface area contributed by atoms with Crippen LogP contribution >= 0.6 is 0 Å². The molecule has 1 rings (SSSR count). The van der Waals surface area contributed by atoms with Crippen LogP contribution in [0.25, 0.3) is 0 Å². The van der Waals surface area contributed by atoms with Crippen molar-refractivity contribution in [1.29, 1.82) is 0 Å². The molecular formula is C16H22N2O4. The quantitative estimate of drug-likeness (QED) is 0.802. The summed E-state index contributed by atoms with van der Waals surface area (Å²) in [5.74, 6) is -0.891. The number of methoxy groups -OCH3 is 1. The summed E-state index contributed by atoms with van der Waals surface area (Å²) in [5, 5.41) is 5.29. The van der Waals surface area contributed by atoms with Gasteiger partial charge in [-0.1, -0.05) is 32.9 Å². The zero-order valence-electron chi connectivity index (χ0n) is 13.4. The summed E-state index contributed by atoms with van der Waals surface area (Å²) < 4.78 is 4.44. The summed E-state index contributed by atoms with van der Waals surface area (Å²) in [4.78, 5) is 34.5. The van der Waals surface area contributed by atoms with E-state index in [1.165, 1.54) is 7.11 Å². The Bertz CT molecular complexity index is 544. The molecule has 120 valence electrons. The number of esters is 1. The van der Waals surface area contributed by atoms with Gasteiger partial charge in [-0.05, 0) is 17.7 Å². The van der Waals surface area contributed by atoms with E-state index in [4.69, 9.17) is 0 Å². The van der Waals surface area contributed by atoms with Crippen molar-refractivity contribution in [2.45, 2.75) is 27.3 Å². The van der Waals surface area contributed by atoms with Gasteiger partial charge in [0.25, 0.3) is 5.91 Å². The van der Waals surface area contributed by atoms with Crippen LogP contribution in [0.3, 0.4) is 0 Å². The lowest BCUT2D eigenvalue weighted by molar-refractivity contribution is -0.139. The van der Waals surface area contributed by atoms with Gasteiger partial charge in [-0.25, -0.2) is 0 Å². The van der Waals surface area contributed by atoms with Gasteiger partial charge < -0.3 is 15.4 Å². The maximum Gasteiger partial charge on any atom is 0.325 e. The third-order valence-corrected chi connectivity index (χ3v) is 2.97. The van der Waals surface area contributed by atoms with Crippen molar-refractivity contribution in [3.63, 3.8) is 0 Å². The van der Waals surface area contributed by atoms with Crippen molar-refractivity contribution < 1.29 is 19.1 Å². The topological polar surface area (TPSA) is 84.5 Å². The Labute approximate surface area is 130 Å². The fourth-order valence-electron chi connectivity index (χ4n) is 1.55. The first kappa shape index (κ1) is 17.7. The molecule has 0 saturated heterocycles. The van der Waals surface area contributed by atoms with Crippen molar-refractivity contribution in [2.75, 3.05) is 13.7 Å². The third kappa shape index (κ3) is 5.55. The van der Waals surface area contributed by atoms with Crippen LogP contribution < -0.4 is 10.6 Å². The van der Waals surface area contributed by atoms with Crippen LogP contribution in [0.15, 0.2) is 24.3 Å². The Morgan fingerprint density at radius 3 is 2.14 bits per heavy atom. The minimum absolute atomic E-state index is 0.0348. The van der Waals surface area contributed by atoms with E-state index in [1.54, 1.807) is 24.3 Å². The highest BCUT2D eigenvalue weighted by molar-refractivity contribution is 5.95. The van der Waals surface area contributed by atoms with E-state index >= 15 is 0 Å². The van der Waals surface area contributed by atoms with E-state index in [0.29, 0.717) is 12.1 Å². The number of carbonyl (C=O) groups is 3. The van der Waals surface area contributed by atoms with E-state index in [0.717, 1.165) is 5.56 Å². The lowest BCUT2D eigenvalue weighted by atomic mass is 9.95. The second kappa shape index (κ2) is 7.59. The van der Waals surface area contributed by atoms with E-state index in [1.807, 2.05) is 20.8 Å². The van der Waals surface area contributed by atoms with Gasteiger partial charge in [-0.15, -0.1) is 0 Å². The smallest absolute Gasteiger partial charge is 0.325 e. The van der Waals surface area contributed by atoms with Crippen molar-refractivity contribution >= 4 is 17.8 Å². The highest BCUT2D eigenvalue weighted by Crippen LogP contribution is 2.13. The highest BCUT2D eigenvalue weighted by atomic mass is 16.5. The number of hydrogen-bond donors (Lipinski definition) is 2. The fraction of sp³-hybridized carbons (Fsp3) is 0.438. The average Bonchev–Trinajstić information content (AvgIpc) is 2.49. The molecule has 6 heteroatoms. The molecule has 0 radical (unpaired) electrons. The Morgan fingerprint density at radius 2 is 1.64 bits per heavy atom. The molecule has 0 aliphatic carbocycles. The molecule has 22 heavy (non-hydrogen) atoms. The molecule has 0 saturated carbocycles. The van der Waals surface area contributed by atoms with Gasteiger partial charge in [0, 0.05) is 17.5 Å². The van der Waals surface area contributed by atoms with E-state index in [2.05, 4.69) is 15.4 Å². The van der Waals surface area contributed by atoms with Crippen LogP contribution in [-0.2, 0) is 20.9 Å². The van der Waals surface area contributed by atoms with Crippen molar-refractivity contribution in [3.05, 3.63) is 35.4 Å². The molecule has 0 fully saturated rings. The molecule has 0 aliphatic heterocycles. The van der Waals surface area contributed by atoms with Gasteiger partial charge in [0.2, 0.25) is 5.91 Å². The van der Waals surface area contributed by atoms with Crippen LogP contribution in [0.4, 0.5) is 0 Å². The summed E-state index contributed by atoms with van der Waals surface area (Å²) in [7, 11) is 1.26. The minimum Gasteiger partial charge on any atom is -0.468 e. The number of hydrogen-bond acceptors (Lipinski definition) is 4. The van der Waals surface area contributed by atoms with Crippen molar-refractivity contribution in [3.8, 4) is 0 Å². The molecule has 0 aliphatic rings. The number of nitrogens with one attached hydrogen (secondary N) is 2. The molecule has 0 bridgehead atoms. The summed E-state index contributed by atoms with van der Waals surface area (Å²) in [5.41, 5.74) is 0.894. The van der Waals surface area contributed by atoms with E-state index < -0.39 is 11.4 Å². The van der Waals surface area contributed by atoms with Crippen LogP contribution in [0, 0.1) is 5.41 Å². The Balaban J connectivity index is 2.54. The Kier molecular flexibility index (Phi) is 6.10. The molecule has 2 amide bonds. The van der Waals surface area contributed by atoms with Crippen molar-refractivity contribution in [2.24, 2.45) is 5.41 Å². The van der Waals surface area contributed by atoms with Crippen LogP contribution in [0.2, 0.25) is 0 Å². The van der Waals surface area contributed by atoms with Crippen LogP contribution in [-0.4, -0.2) is 31.4 Å². The lowest BCUT2D eigenvalue weighted by Gasteiger charge is -2.17. The molecule has 0 aromatic heterocycles. The first-order valence-electron chi connectivity index (χ1n) is 6.96. The maximum absolute atomic E-state index is 11.8. The molecule has 2 N–H and O–H groups in total. The predicted octanol–water partition coefficient (Wildman–Crippen LogP) is 1.25. The summed E-state index contributed by atoms with van der Waals surface area (Å²) in [6, 6.07) is 6.81. The fourth-order valence-corrected chi connectivity index (χ4v) is 1.55. The standard InChI is InChI=1S/C16H22N2O4/c1-16(2,3)15(21)18-9-11-5-7-12(8-6-11)14(20)17-10-13(19)22-4/h5-8H,9-10H2,1-4H3,(H,17,20)(H,18,21). The molecule has 1 aromatic rings. The SMILES string of the molecule is COC(=O)CNC(=O)c1ccc(CNC(=O)C(C)(C)C)cc1. The molecule has 0 heterocycles. The minimum atomic E-state index is -0.505. The van der Waals surface area contributed by atoms with Gasteiger partial charge in [0.1, 0.15) is 6.54 Å². The van der Waals surface area contributed by atoms with Gasteiger partial charge in [0.15, 0.2) is 0 Å².